The zero-order chi connectivity index (χ0) is 13.8. The summed E-state index contributed by atoms with van der Waals surface area (Å²) in [5.41, 5.74) is 1.05. The molecule has 0 amide bonds. The summed E-state index contributed by atoms with van der Waals surface area (Å²) in [6.45, 7) is 2.76. The molecular formula is C13H21N3O2S. The summed E-state index contributed by atoms with van der Waals surface area (Å²) in [6.07, 6.45) is 5.12. The number of carboxylic acids is 1. The van der Waals surface area contributed by atoms with E-state index in [1.165, 1.54) is 25.5 Å². The summed E-state index contributed by atoms with van der Waals surface area (Å²) in [7, 11) is 1.79. The van der Waals surface area contributed by atoms with Gasteiger partial charge in [-0.25, -0.2) is 4.79 Å². The number of aryl methyl sites for hydroxylation is 1. The van der Waals surface area contributed by atoms with Crippen LogP contribution in [0.2, 0.25) is 0 Å². The van der Waals surface area contributed by atoms with Crippen LogP contribution in [0.5, 0.6) is 0 Å². The molecule has 0 bridgehead atoms. The van der Waals surface area contributed by atoms with Gasteiger partial charge in [-0.15, -0.1) is 0 Å². The highest BCUT2D eigenvalue weighted by Crippen LogP contribution is 2.30. The zero-order valence-corrected chi connectivity index (χ0v) is 12.2. The van der Waals surface area contributed by atoms with Crippen molar-refractivity contribution in [1.82, 2.24) is 15.1 Å². The Morgan fingerprint density at radius 3 is 3.11 bits per heavy atom. The third-order valence-electron chi connectivity index (χ3n) is 3.66. The second-order valence-corrected chi connectivity index (χ2v) is 6.36. The molecule has 1 aromatic heterocycles. The molecule has 1 saturated carbocycles. The van der Waals surface area contributed by atoms with Crippen LogP contribution in [0, 0.1) is 0 Å². The molecule has 1 heterocycles. The van der Waals surface area contributed by atoms with Crippen molar-refractivity contribution in [3.05, 3.63) is 17.5 Å². The van der Waals surface area contributed by atoms with Crippen molar-refractivity contribution in [3.63, 3.8) is 0 Å². The standard InChI is InChI=1S/C13H21N3O2S/c1-3-19-12-6-4-5-10(12)14-8-11-9(13(17)18)7-15-16(11)2/h7,10,12,14H,3-6,8H2,1-2H3,(H,17,18). The summed E-state index contributed by atoms with van der Waals surface area (Å²) in [5.74, 6) is 0.227. The van der Waals surface area contributed by atoms with Crippen LogP contribution in [-0.4, -0.2) is 37.9 Å². The van der Waals surface area contributed by atoms with Crippen molar-refractivity contribution in [2.45, 2.75) is 44.0 Å². The molecule has 0 radical (unpaired) electrons. The second kappa shape index (κ2) is 6.43. The first-order valence-corrected chi connectivity index (χ1v) is 7.77. The van der Waals surface area contributed by atoms with E-state index in [1.807, 2.05) is 11.8 Å². The number of hydrogen-bond donors (Lipinski definition) is 2. The van der Waals surface area contributed by atoms with Gasteiger partial charge in [0.05, 0.1) is 11.9 Å². The molecule has 0 saturated heterocycles. The summed E-state index contributed by atoms with van der Waals surface area (Å²) in [6, 6.07) is 0.487. The Morgan fingerprint density at radius 2 is 2.42 bits per heavy atom. The quantitative estimate of drug-likeness (QED) is 0.834. The number of nitrogens with zero attached hydrogens (tertiary/aromatic N) is 2. The van der Waals surface area contributed by atoms with E-state index in [0.29, 0.717) is 23.4 Å². The van der Waals surface area contributed by atoms with E-state index in [1.54, 1.807) is 11.7 Å². The molecule has 5 nitrogen and oxygen atoms in total. The monoisotopic (exact) mass is 283 g/mol. The minimum absolute atomic E-state index is 0.299. The third kappa shape index (κ3) is 3.30. The van der Waals surface area contributed by atoms with Crippen LogP contribution in [-0.2, 0) is 13.6 Å². The first-order valence-electron chi connectivity index (χ1n) is 6.72. The van der Waals surface area contributed by atoms with E-state index in [-0.39, 0.29) is 0 Å². The highest BCUT2D eigenvalue weighted by molar-refractivity contribution is 7.99. The lowest BCUT2D eigenvalue weighted by molar-refractivity contribution is 0.0695. The Labute approximate surface area is 117 Å². The minimum atomic E-state index is -0.907. The molecule has 106 valence electrons. The average Bonchev–Trinajstić information content (AvgIpc) is 2.94. The van der Waals surface area contributed by atoms with E-state index >= 15 is 0 Å². The van der Waals surface area contributed by atoms with Gasteiger partial charge < -0.3 is 10.4 Å². The van der Waals surface area contributed by atoms with Crippen molar-refractivity contribution >= 4 is 17.7 Å². The maximum atomic E-state index is 11.1. The molecule has 2 unspecified atom stereocenters. The Balaban J connectivity index is 1.98. The highest BCUT2D eigenvalue weighted by atomic mass is 32.2. The lowest BCUT2D eigenvalue weighted by Crippen LogP contribution is -2.34. The molecule has 1 aliphatic rings. The molecule has 1 fully saturated rings. The van der Waals surface area contributed by atoms with E-state index in [2.05, 4.69) is 17.3 Å². The molecule has 19 heavy (non-hydrogen) atoms. The van der Waals surface area contributed by atoms with Gasteiger partial charge in [0.2, 0.25) is 0 Å². The molecule has 0 aliphatic heterocycles. The highest BCUT2D eigenvalue weighted by Gasteiger charge is 2.27. The van der Waals surface area contributed by atoms with Crippen LogP contribution in [0.1, 0.15) is 42.2 Å². The van der Waals surface area contributed by atoms with Crippen LogP contribution in [0.15, 0.2) is 6.20 Å². The fraction of sp³-hybridized carbons (Fsp3) is 0.692. The maximum absolute atomic E-state index is 11.1. The first-order chi connectivity index (χ1) is 9.13. The summed E-state index contributed by atoms with van der Waals surface area (Å²) < 4.78 is 1.65. The van der Waals surface area contributed by atoms with Crippen molar-refractivity contribution in [2.75, 3.05) is 5.75 Å². The molecule has 2 N–H and O–H groups in total. The van der Waals surface area contributed by atoms with Crippen molar-refractivity contribution in [3.8, 4) is 0 Å². The summed E-state index contributed by atoms with van der Waals surface area (Å²) in [5, 5.41) is 17.3. The van der Waals surface area contributed by atoms with Gasteiger partial charge in [-0.1, -0.05) is 13.3 Å². The number of thioether (sulfide) groups is 1. The Kier molecular flexibility index (Phi) is 4.87. The van der Waals surface area contributed by atoms with Gasteiger partial charge >= 0.3 is 5.97 Å². The van der Waals surface area contributed by atoms with E-state index in [0.717, 1.165) is 11.4 Å². The number of hydrogen-bond acceptors (Lipinski definition) is 4. The predicted octanol–water partition coefficient (Wildman–Crippen LogP) is 1.88. The lowest BCUT2D eigenvalue weighted by Gasteiger charge is -2.20. The normalized spacial score (nSPS) is 22.8. The number of aromatic carboxylic acids is 1. The predicted molar refractivity (Wildman–Crippen MR) is 76.6 cm³/mol. The first kappa shape index (κ1) is 14.4. The van der Waals surface area contributed by atoms with Crippen LogP contribution < -0.4 is 5.32 Å². The molecule has 1 aromatic rings. The molecule has 1 aliphatic carbocycles. The molecule has 0 aromatic carbocycles. The van der Waals surface area contributed by atoms with Gasteiger partial charge in [0.15, 0.2) is 0 Å². The fourth-order valence-electron chi connectivity index (χ4n) is 2.65. The van der Waals surface area contributed by atoms with E-state index in [9.17, 15) is 4.79 Å². The Bertz CT molecular complexity index is 447. The van der Waals surface area contributed by atoms with E-state index < -0.39 is 5.97 Å². The number of carbonyl (C=O) groups is 1. The van der Waals surface area contributed by atoms with Crippen molar-refractivity contribution in [1.29, 1.82) is 0 Å². The van der Waals surface area contributed by atoms with Gasteiger partial charge in [-0.05, 0) is 18.6 Å². The molecular weight excluding hydrogens is 262 g/mol. The number of rotatable bonds is 6. The summed E-state index contributed by atoms with van der Waals surface area (Å²) >= 11 is 2.00. The number of carboxylic acid groups (broad SMARTS) is 1. The van der Waals surface area contributed by atoms with Crippen LogP contribution in [0.4, 0.5) is 0 Å². The third-order valence-corrected chi connectivity index (χ3v) is 4.98. The van der Waals surface area contributed by atoms with Gasteiger partial charge in [0.25, 0.3) is 0 Å². The van der Waals surface area contributed by atoms with Crippen LogP contribution in [0.25, 0.3) is 0 Å². The largest absolute Gasteiger partial charge is 0.478 e. The lowest BCUT2D eigenvalue weighted by atomic mass is 10.2. The summed E-state index contributed by atoms with van der Waals surface area (Å²) in [4.78, 5) is 11.1. The zero-order valence-electron chi connectivity index (χ0n) is 11.4. The van der Waals surface area contributed by atoms with Gasteiger partial charge in [-0.3, -0.25) is 4.68 Å². The topological polar surface area (TPSA) is 67.2 Å². The molecule has 6 heteroatoms. The Hall–Kier alpha value is -1.01. The Morgan fingerprint density at radius 1 is 1.63 bits per heavy atom. The van der Waals surface area contributed by atoms with Crippen molar-refractivity contribution < 1.29 is 9.90 Å². The minimum Gasteiger partial charge on any atom is -0.478 e. The van der Waals surface area contributed by atoms with Crippen LogP contribution in [0.3, 0.4) is 0 Å². The van der Waals surface area contributed by atoms with E-state index in [4.69, 9.17) is 5.11 Å². The fourth-order valence-corrected chi connectivity index (χ4v) is 3.88. The van der Waals surface area contributed by atoms with Gasteiger partial charge in [0.1, 0.15) is 5.56 Å². The second-order valence-electron chi connectivity index (χ2n) is 4.85. The molecule has 2 rings (SSSR count). The number of aromatic nitrogens is 2. The van der Waals surface area contributed by atoms with Gasteiger partial charge in [0, 0.05) is 24.9 Å². The van der Waals surface area contributed by atoms with Gasteiger partial charge in [-0.2, -0.15) is 16.9 Å². The molecule has 2 atom stereocenters. The number of nitrogens with one attached hydrogen (secondary N) is 1. The smallest absolute Gasteiger partial charge is 0.339 e. The molecule has 0 spiro atoms. The SMILES string of the molecule is CCSC1CCCC1NCc1c(C(=O)O)cnn1C. The van der Waals surface area contributed by atoms with Crippen molar-refractivity contribution in [2.24, 2.45) is 7.05 Å². The average molecular weight is 283 g/mol. The maximum Gasteiger partial charge on any atom is 0.339 e. The van der Waals surface area contributed by atoms with Crippen LogP contribution >= 0.6 is 11.8 Å².